The molecule has 0 aromatic heterocycles. The fraction of sp³-hybridized carbons (Fsp3) is 0.815. The van der Waals surface area contributed by atoms with Gasteiger partial charge in [-0.3, -0.25) is 14.4 Å². The van der Waals surface area contributed by atoms with Crippen molar-refractivity contribution in [1.29, 1.82) is 0 Å². The Hall–Kier alpha value is -1.93. The monoisotopic (exact) mass is 490 g/mol. The van der Waals surface area contributed by atoms with Crippen LogP contribution in [0.2, 0.25) is 0 Å². The van der Waals surface area contributed by atoms with Crippen LogP contribution in [0.1, 0.15) is 72.1 Å². The highest BCUT2D eigenvalue weighted by molar-refractivity contribution is 5.98. The maximum atomic E-state index is 14.5. The molecule has 0 aromatic rings. The first-order valence-electron chi connectivity index (χ1n) is 13.5. The predicted molar refractivity (Wildman–Crippen MR) is 130 cm³/mol. The number of amides is 2. The number of aliphatic hydroxyl groups excluding tert-OH is 1. The third-order valence-electron chi connectivity index (χ3n) is 9.00. The van der Waals surface area contributed by atoms with Gasteiger partial charge >= 0.3 is 5.97 Å². The third kappa shape index (κ3) is 4.20. The molecule has 3 heterocycles. The van der Waals surface area contributed by atoms with E-state index in [1.807, 2.05) is 18.7 Å². The Morgan fingerprint density at radius 1 is 1.29 bits per heavy atom. The van der Waals surface area contributed by atoms with Crippen LogP contribution in [0.3, 0.4) is 0 Å². The van der Waals surface area contributed by atoms with Gasteiger partial charge in [0.15, 0.2) is 0 Å². The summed E-state index contributed by atoms with van der Waals surface area (Å²) >= 11 is 0. The molecule has 8 heteroatoms. The maximum absolute atomic E-state index is 14.5. The average molecular weight is 491 g/mol. The third-order valence-corrected chi connectivity index (χ3v) is 9.00. The van der Waals surface area contributed by atoms with Gasteiger partial charge in [0.05, 0.1) is 37.2 Å². The topological polar surface area (TPSA) is 96.4 Å². The van der Waals surface area contributed by atoms with Gasteiger partial charge in [0.2, 0.25) is 11.8 Å². The second-order valence-electron chi connectivity index (χ2n) is 10.8. The summed E-state index contributed by atoms with van der Waals surface area (Å²) in [4.78, 5) is 45.0. The van der Waals surface area contributed by atoms with Gasteiger partial charge in [-0.2, -0.15) is 0 Å². The molecule has 2 unspecified atom stereocenters. The zero-order valence-corrected chi connectivity index (χ0v) is 21.5. The Bertz CT molecular complexity index is 826. The quantitative estimate of drug-likeness (QED) is 0.374. The summed E-state index contributed by atoms with van der Waals surface area (Å²) < 4.78 is 11.9. The first-order chi connectivity index (χ1) is 16.9. The number of hydrogen-bond donors (Lipinski definition) is 1. The van der Waals surface area contributed by atoms with Gasteiger partial charge in [-0.1, -0.05) is 45.6 Å². The van der Waals surface area contributed by atoms with E-state index in [0.717, 1.165) is 32.1 Å². The molecule has 1 aliphatic carbocycles. The zero-order valence-electron chi connectivity index (χ0n) is 21.5. The lowest BCUT2D eigenvalue weighted by atomic mass is 9.70. The van der Waals surface area contributed by atoms with E-state index in [0.29, 0.717) is 19.4 Å². The fourth-order valence-electron chi connectivity index (χ4n) is 7.16. The summed E-state index contributed by atoms with van der Waals surface area (Å²) in [7, 11) is 0. The summed E-state index contributed by atoms with van der Waals surface area (Å²) in [5.41, 5.74) is -1.06. The number of likely N-dealkylation sites (tertiary alicyclic amines) is 1. The van der Waals surface area contributed by atoms with Crippen LogP contribution < -0.4 is 0 Å². The van der Waals surface area contributed by atoms with Crippen molar-refractivity contribution in [3.8, 4) is 0 Å². The van der Waals surface area contributed by atoms with Crippen LogP contribution in [0.4, 0.5) is 0 Å². The molecular weight excluding hydrogens is 448 g/mol. The number of carbonyl (C=O) groups is 3. The molecule has 2 amide bonds. The molecule has 4 rings (SSSR count). The summed E-state index contributed by atoms with van der Waals surface area (Å²) in [5, 5.41) is 10.4. The van der Waals surface area contributed by atoms with Crippen molar-refractivity contribution >= 4 is 17.8 Å². The van der Waals surface area contributed by atoms with Crippen molar-refractivity contribution in [2.24, 2.45) is 17.8 Å². The molecule has 0 radical (unpaired) electrons. The van der Waals surface area contributed by atoms with E-state index in [-0.39, 0.29) is 37.0 Å². The summed E-state index contributed by atoms with van der Waals surface area (Å²) in [6.45, 7) is 10.0. The minimum atomic E-state index is -1.06. The van der Waals surface area contributed by atoms with Crippen LogP contribution in [0.25, 0.3) is 0 Å². The lowest BCUT2D eigenvalue weighted by Crippen LogP contribution is -2.61. The zero-order chi connectivity index (χ0) is 25.3. The molecule has 7 atom stereocenters. The van der Waals surface area contributed by atoms with Crippen LogP contribution in [0.15, 0.2) is 12.7 Å². The molecule has 3 saturated heterocycles. The lowest BCUT2D eigenvalue weighted by Gasteiger charge is -2.43. The van der Waals surface area contributed by atoms with Gasteiger partial charge < -0.3 is 24.4 Å². The molecular formula is C27H42N2O6. The molecule has 8 nitrogen and oxygen atoms in total. The lowest BCUT2D eigenvalue weighted by molar-refractivity contribution is -0.157. The minimum Gasteiger partial charge on any atom is -0.466 e. The number of nitrogens with zero attached hydrogens (tertiary/aromatic N) is 2. The normalized spacial score (nSPS) is 33.9. The van der Waals surface area contributed by atoms with E-state index in [9.17, 15) is 19.5 Å². The second-order valence-corrected chi connectivity index (χ2v) is 10.8. The minimum absolute atomic E-state index is 0.0183. The number of ether oxygens (including phenoxy) is 2. The Morgan fingerprint density at radius 3 is 2.60 bits per heavy atom. The van der Waals surface area contributed by atoms with E-state index in [4.69, 9.17) is 9.47 Å². The van der Waals surface area contributed by atoms with Gasteiger partial charge in [-0.05, 0) is 38.5 Å². The summed E-state index contributed by atoms with van der Waals surface area (Å²) in [6.07, 6.45) is 8.40. The van der Waals surface area contributed by atoms with Crippen LogP contribution in [0, 0.1) is 17.8 Å². The van der Waals surface area contributed by atoms with Crippen molar-refractivity contribution in [2.75, 3.05) is 19.8 Å². The second kappa shape index (κ2) is 10.6. The number of esters is 1. The maximum Gasteiger partial charge on any atom is 0.312 e. The van der Waals surface area contributed by atoms with Gasteiger partial charge in [-0.15, -0.1) is 6.58 Å². The predicted octanol–water partition coefficient (Wildman–Crippen LogP) is 2.68. The largest absolute Gasteiger partial charge is 0.466 e. The van der Waals surface area contributed by atoms with Crippen LogP contribution >= 0.6 is 0 Å². The highest BCUT2D eigenvalue weighted by Gasteiger charge is 2.75. The summed E-state index contributed by atoms with van der Waals surface area (Å²) in [6, 6.07) is -1.29. The van der Waals surface area contributed by atoms with Crippen molar-refractivity contribution in [3.05, 3.63) is 12.7 Å². The fourth-order valence-corrected chi connectivity index (χ4v) is 7.16. The Labute approximate surface area is 209 Å². The highest BCUT2D eigenvalue weighted by atomic mass is 16.6. The SMILES string of the molecule is C=CCN(C(=O)C1N([C@@H](CO)[C@@H](C)CC)C(=O)[C@@H]2[C@H](C(=O)OCC)[C@@H]3CCC12O3)C1CCCCC1. The molecule has 4 aliphatic rings. The average Bonchev–Trinajstić information content (AvgIpc) is 3.51. The van der Waals surface area contributed by atoms with Crippen LogP contribution in [-0.2, 0) is 23.9 Å². The van der Waals surface area contributed by atoms with Gasteiger partial charge in [0, 0.05) is 12.6 Å². The van der Waals surface area contributed by atoms with E-state index < -0.39 is 41.6 Å². The summed E-state index contributed by atoms with van der Waals surface area (Å²) in [5.74, 6) is -2.32. The van der Waals surface area contributed by atoms with Crippen molar-refractivity contribution in [2.45, 2.75) is 102 Å². The number of carbonyl (C=O) groups excluding carboxylic acids is 3. The highest BCUT2D eigenvalue weighted by Crippen LogP contribution is 2.59. The van der Waals surface area contributed by atoms with E-state index in [1.54, 1.807) is 17.9 Å². The van der Waals surface area contributed by atoms with Crippen LogP contribution in [-0.4, -0.2) is 82.3 Å². The first-order valence-corrected chi connectivity index (χ1v) is 13.5. The standard InChI is InChI=1S/C27H42N2O6/c1-5-15-28(18-11-9-8-10-12-18)25(32)23-27-14-13-20(35-27)21(26(33)34-7-3)22(27)24(31)29(23)19(16-30)17(4)6-2/h5,17-23,30H,1,6-16H2,2-4H3/t17-,19-,20-,21+,22-,23?,27?/m0/s1. The van der Waals surface area contributed by atoms with Crippen molar-refractivity contribution in [1.82, 2.24) is 9.80 Å². The Kier molecular flexibility index (Phi) is 7.91. The molecule has 0 aromatic carbocycles. The number of rotatable bonds is 10. The van der Waals surface area contributed by atoms with E-state index in [1.165, 1.54) is 6.42 Å². The number of hydrogen-bond acceptors (Lipinski definition) is 6. The number of fused-ring (bicyclic) bond motifs is 1. The Balaban J connectivity index is 1.78. The molecule has 2 bridgehead atoms. The van der Waals surface area contributed by atoms with Gasteiger partial charge in [0.25, 0.3) is 0 Å². The molecule has 1 spiro atoms. The van der Waals surface area contributed by atoms with Crippen molar-refractivity contribution in [3.63, 3.8) is 0 Å². The first kappa shape index (κ1) is 26.1. The molecule has 35 heavy (non-hydrogen) atoms. The molecule has 1 saturated carbocycles. The molecule has 196 valence electrons. The van der Waals surface area contributed by atoms with E-state index >= 15 is 0 Å². The number of aliphatic hydroxyl groups is 1. The van der Waals surface area contributed by atoms with Gasteiger partial charge in [0.1, 0.15) is 11.6 Å². The van der Waals surface area contributed by atoms with Crippen molar-refractivity contribution < 1.29 is 29.0 Å². The van der Waals surface area contributed by atoms with Gasteiger partial charge in [-0.25, -0.2) is 0 Å². The smallest absolute Gasteiger partial charge is 0.312 e. The molecule has 3 aliphatic heterocycles. The Morgan fingerprint density at radius 2 is 2.00 bits per heavy atom. The van der Waals surface area contributed by atoms with E-state index in [2.05, 4.69) is 6.58 Å². The van der Waals surface area contributed by atoms with Crippen LogP contribution in [0.5, 0.6) is 0 Å². The molecule has 4 fully saturated rings. The molecule has 1 N–H and O–H groups in total.